The maximum absolute atomic E-state index is 13.4. The van der Waals surface area contributed by atoms with Crippen molar-refractivity contribution < 1.29 is 8.42 Å². The van der Waals surface area contributed by atoms with Gasteiger partial charge in [-0.1, -0.05) is 66.7 Å². The van der Waals surface area contributed by atoms with E-state index in [2.05, 4.69) is 57.0 Å². The highest BCUT2D eigenvalue weighted by molar-refractivity contribution is 7.89. The van der Waals surface area contributed by atoms with Crippen molar-refractivity contribution in [3.63, 3.8) is 0 Å². The van der Waals surface area contributed by atoms with Crippen molar-refractivity contribution in [2.45, 2.75) is 17.4 Å². The van der Waals surface area contributed by atoms with Gasteiger partial charge in [0.1, 0.15) is 0 Å². The first kappa shape index (κ1) is 22.4. The fraction of sp³-hybridized carbons (Fsp3) is 0.214. The minimum Gasteiger partial charge on any atom is -0.378 e. The summed E-state index contributed by atoms with van der Waals surface area (Å²) < 4.78 is 29.8. The first-order valence-electron chi connectivity index (χ1n) is 11.5. The lowest BCUT2D eigenvalue weighted by molar-refractivity contribution is 0.563. The molecule has 0 aliphatic carbocycles. The van der Waals surface area contributed by atoms with Gasteiger partial charge in [0.15, 0.2) is 0 Å². The summed E-state index contributed by atoms with van der Waals surface area (Å²) in [6.07, 6.45) is 0.957. The number of sulfonamides is 1. The van der Waals surface area contributed by atoms with Gasteiger partial charge < -0.3 is 9.80 Å². The lowest BCUT2D eigenvalue weighted by atomic mass is 10.0. The molecule has 1 unspecified atom stereocenters. The molecule has 6 heteroatoms. The van der Waals surface area contributed by atoms with E-state index in [-0.39, 0.29) is 12.6 Å². The first-order valence-corrected chi connectivity index (χ1v) is 13.0. The van der Waals surface area contributed by atoms with Crippen molar-refractivity contribution >= 4 is 32.2 Å². The number of anilines is 2. The van der Waals surface area contributed by atoms with Gasteiger partial charge in [0.25, 0.3) is 0 Å². The van der Waals surface area contributed by atoms with Gasteiger partial charge in [-0.25, -0.2) is 13.1 Å². The monoisotopic (exact) mass is 471 g/mol. The Labute approximate surface area is 201 Å². The average Bonchev–Trinajstić information content (AvgIpc) is 3.28. The highest BCUT2D eigenvalue weighted by atomic mass is 32.2. The molecule has 1 aliphatic rings. The molecule has 0 radical (unpaired) electrons. The van der Waals surface area contributed by atoms with Crippen LogP contribution in [-0.2, 0) is 16.4 Å². The van der Waals surface area contributed by atoms with Gasteiger partial charge in [-0.15, -0.1) is 0 Å². The maximum atomic E-state index is 13.4. The van der Waals surface area contributed by atoms with E-state index in [0.717, 1.165) is 35.0 Å². The number of nitrogens with zero attached hydrogens (tertiary/aromatic N) is 2. The highest BCUT2D eigenvalue weighted by Crippen LogP contribution is 2.35. The third-order valence-electron chi connectivity index (χ3n) is 6.60. The Hall–Kier alpha value is -3.35. The van der Waals surface area contributed by atoms with Gasteiger partial charge in [-0.2, -0.15) is 0 Å². The summed E-state index contributed by atoms with van der Waals surface area (Å²) in [6.45, 7) is 1.14. The normalized spacial score (nSPS) is 14.2. The van der Waals surface area contributed by atoms with E-state index in [1.165, 1.54) is 11.3 Å². The summed E-state index contributed by atoms with van der Waals surface area (Å²) in [5.41, 5.74) is 4.67. The molecule has 1 aliphatic heterocycles. The van der Waals surface area contributed by atoms with Crippen LogP contribution >= 0.6 is 0 Å². The van der Waals surface area contributed by atoms with E-state index in [1.54, 1.807) is 12.1 Å². The van der Waals surface area contributed by atoms with Crippen LogP contribution in [0, 0.1) is 0 Å². The molecular weight excluding hydrogens is 442 g/mol. The van der Waals surface area contributed by atoms with Crippen LogP contribution in [0.3, 0.4) is 0 Å². The van der Waals surface area contributed by atoms with E-state index >= 15 is 0 Å². The Bertz CT molecular complexity index is 1410. The zero-order valence-electron chi connectivity index (χ0n) is 19.5. The Morgan fingerprint density at radius 2 is 1.59 bits per heavy atom. The lowest BCUT2D eigenvalue weighted by Gasteiger charge is -2.31. The van der Waals surface area contributed by atoms with Gasteiger partial charge in [0.05, 0.1) is 10.9 Å². The molecule has 34 heavy (non-hydrogen) atoms. The van der Waals surface area contributed by atoms with E-state index in [1.807, 2.05) is 50.5 Å². The molecule has 0 fully saturated rings. The molecule has 1 atom stereocenters. The molecule has 5 rings (SSSR count). The predicted molar refractivity (Wildman–Crippen MR) is 140 cm³/mol. The van der Waals surface area contributed by atoms with Crippen molar-refractivity contribution in [3.8, 4) is 0 Å². The van der Waals surface area contributed by atoms with Crippen LogP contribution in [-0.4, -0.2) is 35.6 Å². The Kier molecular flexibility index (Phi) is 6.02. The summed E-state index contributed by atoms with van der Waals surface area (Å²) in [6, 6.07) is 29.6. The quantitative estimate of drug-likeness (QED) is 0.413. The molecule has 0 bridgehead atoms. The SMILES string of the molecule is CN(C)c1ccc(C(CNS(=O)(=O)c2cccc3ccccc23)N2CCc3ccccc32)cc1. The molecule has 4 aromatic carbocycles. The second kappa shape index (κ2) is 9.12. The number of rotatable bonds is 7. The van der Waals surface area contributed by atoms with Gasteiger partial charge in [-0.05, 0) is 47.2 Å². The third-order valence-corrected chi connectivity index (χ3v) is 8.08. The van der Waals surface area contributed by atoms with Crippen molar-refractivity contribution in [2.75, 3.05) is 37.0 Å². The second-order valence-corrected chi connectivity index (χ2v) is 10.6. The number of fused-ring (bicyclic) bond motifs is 2. The molecule has 0 saturated carbocycles. The highest BCUT2D eigenvalue weighted by Gasteiger charge is 2.29. The summed E-state index contributed by atoms with van der Waals surface area (Å²) in [7, 11) is 0.327. The van der Waals surface area contributed by atoms with Gasteiger partial charge in [0, 0.05) is 43.9 Å². The zero-order valence-corrected chi connectivity index (χ0v) is 20.3. The minimum atomic E-state index is -3.70. The molecule has 0 saturated heterocycles. The van der Waals surface area contributed by atoms with Crippen LogP contribution in [0.1, 0.15) is 17.2 Å². The van der Waals surface area contributed by atoms with E-state index in [9.17, 15) is 8.42 Å². The van der Waals surface area contributed by atoms with Crippen molar-refractivity contribution in [1.82, 2.24) is 4.72 Å². The van der Waals surface area contributed by atoms with Crippen molar-refractivity contribution in [1.29, 1.82) is 0 Å². The molecule has 0 spiro atoms. The summed E-state index contributed by atoms with van der Waals surface area (Å²) in [5, 5.41) is 1.64. The van der Waals surface area contributed by atoms with Crippen molar-refractivity contribution in [2.24, 2.45) is 0 Å². The molecule has 0 aromatic heterocycles. The Morgan fingerprint density at radius 1 is 0.882 bits per heavy atom. The van der Waals surface area contributed by atoms with Crippen LogP contribution < -0.4 is 14.5 Å². The number of hydrogen-bond donors (Lipinski definition) is 1. The van der Waals surface area contributed by atoms with Crippen LogP contribution in [0.4, 0.5) is 11.4 Å². The van der Waals surface area contributed by atoms with Gasteiger partial charge in [0.2, 0.25) is 10.0 Å². The van der Waals surface area contributed by atoms with Crippen LogP contribution in [0.5, 0.6) is 0 Å². The van der Waals surface area contributed by atoms with Crippen LogP contribution in [0.2, 0.25) is 0 Å². The summed E-state index contributed by atoms with van der Waals surface area (Å²) >= 11 is 0. The van der Waals surface area contributed by atoms with E-state index in [4.69, 9.17) is 0 Å². The molecule has 0 amide bonds. The summed E-state index contributed by atoms with van der Waals surface area (Å²) in [5.74, 6) is 0. The predicted octanol–water partition coefficient (Wildman–Crippen LogP) is 4.99. The molecule has 4 aromatic rings. The number of benzene rings is 4. The average molecular weight is 472 g/mol. The Morgan fingerprint density at radius 3 is 2.38 bits per heavy atom. The largest absolute Gasteiger partial charge is 0.378 e. The number of nitrogens with one attached hydrogen (secondary N) is 1. The fourth-order valence-corrected chi connectivity index (χ4v) is 6.05. The minimum absolute atomic E-state index is 0.121. The smallest absolute Gasteiger partial charge is 0.241 e. The molecule has 1 N–H and O–H groups in total. The van der Waals surface area contributed by atoms with E-state index in [0.29, 0.717) is 4.90 Å². The Balaban J connectivity index is 1.48. The van der Waals surface area contributed by atoms with Gasteiger partial charge >= 0.3 is 0 Å². The summed E-state index contributed by atoms with van der Waals surface area (Å²) in [4.78, 5) is 4.70. The van der Waals surface area contributed by atoms with Gasteiger partial charge in [-0.3, -0.25) is 0 Å². The molecule has 1 heterocycles. The van der Waals surface area contributed by atoms with Crippen LogP contribution in [0.25, 0.3) is 10.8 Å². The van der Waals surface area contributed by atoms with E-state index < -0.39 is 10.0 Å². The lowest BCUT2D eigenvalue weighted by Crippen LogP contribution is -2.37. The molecule has 174 valence electrons. The molecule has 5 nitrogen and oxygen atoms in total. The number of para-hydroxylation sites is 1. The molecular formula is C28H29N3O2S. The zero-order chi connectivity index (χ0) is 23.7. The second-order valence-electron chi connectivity index (χ2n) is 8.90. The topological polar surface area (TPSA) is 52.7 Å². The number of hydrogen-bond acceptors (Lipinski definition) is 4. The fourth-order valence-electron chi connectivity index (χ4n) is 4.79. The standard InChI is InChI=1S/C28H29N3O2S/c1-30(2)24-16-14-23(15-17-24)27(31-19-18-22-9-4-6-12-26(22)31)20-29-34(32,33)28-13-7-10-21-8-3-5-11-25(21)28/h3-17,27,29H,18-20H2,1-2H3. The van der Waals surface area contributed by atoms with Crippen LogP contribution in [0.15, 0.2) is 95.9 Å². The maximum Gasteiger partial charge on any atom is 0.241 e. The third kappa shape index (κ3) is 4.27. The van der Waals surface area contributed by atoms with Crippen molar-refractivity contribution in [3.05, 3.63) is 102 Å². The first-order chi connectivity index (χ1) is 16.4.